The first-order valence-electron chi connectivity index (χ1n) is 9.93. The minimum absolute atomic E-state index is 0.0298. The summed E-state index contributed by atoms with van der Waals surface area (Å²) < 4.78 is 48.4. The molecule has 0 radical (unpaired) electrons. The van der Waals surface area contributed by atoms with E-state index in [-0.39, 0.29) is 5.75 Å². The summed E-state index contributed by atoms with van der Waals surface area (Å²) in [5, 5.41) is 0. The van der Waals surface area contributed by atoms with Crippen LogP contribution in [-0.4, -0.2) is 67.6 Å². The summed E-state index contributed by atoms with van der Waals surface area (Å²) in [6, 6.07) is 10.8. The fourth-order valence-corrected chi connectivity index (χ4v) is 4.22. The average molecular weight is 453 g/mol. The van der Waals surface area contributed by atoms with Crippen molar-refractivity contribution in [1.82, 2.24) is 4.90 Å². The quantitative estimate of drug-likeness (QED) is 0.500. The number of anilines is 1. The van der Waals surface area contributed by atoms with E-state index in [1.165, 1.54) is 14.2 Å². The normalized spacial score (nSPS) is 11.3. The van der Waals surface area contributed by atoms with Gasteiger partial charge in [-0.2, -0.15) is 0 Å². The summed E-state index contributed by atoms with van der Waals surface area (Å²) in [6.07, 6.45) is 1.35. The van der Waals surface area contributed by atoms with E-state index in [1.54, 1.807) is 32.4 Å². The van der Waals surface area contributed by atoms with Crippen LogP contribution in [0, 0.1) is 0 Å². The molecule has 0 amide bonds. The molecule has 172 valence electrons. The fourth-order valence-electron chi connectivity index (χ4n) is 3.12. The van der Waals surface area contributed by atoms with Gasteiger partial charge in [-0.15, -0.1) is 0 Å². The number of hydrogen-bond donors (Lipinski definition) is 1. The lowest BCUT2D eigenvalue weighted by Crippen LogP contribution is -2.25. The molecule has 1 N–H and O–H groups in total. The monoisotopic (exact) mass is 452 g/mol. The molecule has 0 aliphatic heterocycles. The van der Waals surface area contributed by atoms with Gasteiger partial charge in [0.15, 0.2) is 23.0 Å². The van der Waals surface area contributed by atoms with Crippen LogP contribution in [0.4, 0.5) is 5.69 Å². The van der Waals surface area contributed by atoms with Crippen molar-refractivity contribution in [2.75, 3.05) is 59.1 Å². The molecule has 2 rings (SSSR count). The highest BCUT2D eigenvalue weighted by Crippen LogP contribution is 2.30. The van der Waals surface area contributed by atoms with E-state index < -0.39 is 10.0 Å². The first kappa shape index (κ1) is 24.6. The van der Waals surface area contributed by atoms with Crippen LogP contribution in [0.3, 0.4) is 0 Å². The Balaban J connectivity index is 1.81. The van der Waals surface area contributed by atoms with E-state index >= 15 is 0 Å². The smallest absolute Gasteiger partial charge is 0.232 e. The lowest BCUT2D eigenvalue weighted by molar-refractivity contribution is 0.337. The van der Waals surface area contributed by atoms with Crippen molar-refractivity contribution in [1.29, 1.82) is 0 Å². The molecule has 0 fully saturated rings. The van der Waals surface area contributed by atoms with Crippen molar-refractivity contribution in [2.45, 2.75) is 12.8 Å². The van der Waals surface area contributed by atoms with Gasteiger partial charge in [0.05, 0.1) is 39.9 Å². The van der Waals surface area contributed by atoms with E-state index in [1.807, 2.05) is 25.2 Å². The van der Waals surface area contributed by atoms with Crippen molar-refractivity contribution in [3.05, 3.63) is 42.0 Å². The molecule has 0 aromatic heterocycles. The number of likely N-dealkylation sites (N-methyl/N-ethyl adjacent to an activating group) is 1. The van der Waals surface area contributed by atoms with Gasteiger partial charge in [0.1, 0.15) is 0 Å². The molecule has 0 aliphatic rings. The van der Waals surface area contributed by atoms with Gasteiger partial charge in [-0.3, -0.25) is 4.72 Å². The number of rotatable bonds is 13. The Morgan fingerprint density at radius 2 is 1.39 bits per heavy atom. The third-order valence-electron chi connectivity index (χ3n) is 4.84. The summed E-state index contributed by atoms with van der Waals surface area (Å²) >= 11 is 0. The lowest BCUT2D eigenvalue weighted by atomic mass is 10.1. The van der Waals surface area contributed by atoms with Crippen LogP contribution in [0.5, 0.6) is 23.0 Å². The molecule has 0 bridgehead atoms. The molecule has 9 heteroatoms. The van der Waals surface area contributed by atoms with Crippen molar-refractivity contribution in [3.8, 4) is 23.0 Å². The number of nitrogens with one attached hydrogen (secondary N) is 1. The van der Waals surface area contributed by atoms with Gasteiger partial charge >= 0.3 is 0 Å². The zero-order chi connectivity index (χ0) is 22.9. The van der Waals surface area contributed by atoms with Gasteiger partial charge in [0, 0.05) is 12.6 Å². The molecule has 0 aliphatic carbocycles. The number of benzene rings is 2. The molecular weight excluding hydrogens is 420 g/mol. The average Bonchev–Trinajstić information content (AvgIpc) is 2.76. The highest BCUT2D eigenvalue weighted by atomic mass is 32.2. The van der Waals surface area contributed by atoms with E-state index in [0.717, 1.165) is 18.5 Å². The van der Waals surface area contributed by atoms with Gasteiger partial charge in [0.2, 0.25) is 10.0 Å². The second-order valence-corrected chi connectivity index (χ2v) is 8.93. The van der Waals surface area contributed by atoms with Crippen LogP contribution < -0.4 is 23.7 Å². The third-order valence-corrected chi connectivity index (χ3v) is 6.21. The Morgan fingerprint density at radius 1 is 0.806 bits per heavy atom. The molecule has 2 aromatic carbocycles. The van der Waals surface area contributed by atoms with E-state index in [2.05, 4.69) is 9.62 Å². The fraction of sp³-hybridized carbons (Fsp3) is 0.455. The Kier molecular flexibility index (Phi) is 9.26. The Hall–Kier alpha value is -2.65. The molecular formula is C22H32N2O6S. The van der Waals surface area contributed by atoms with Crippen LogP contribution in [0.25, 0.3) is 0 Å². The lowest BCUT2D eigenvalue weighted by Gasteiger charge is -2.17. The maximum atomic E-state index is 12.4. The van der Waals surface area contributed by atoms with Crippen LogP contribution in [0.15, 0.2) is 36.4 Å². The Labute approximate surface area is 185 Å². The molecule has 31 heavy (non-hydrogen) atoms. The Morgan fingerprint density at radius 3 is 2.00 bits per heavy atom. The van der Waals surface area contributed by atoms with Gasteiger partial charge in [0.25, 0.3) is 0 Å². The SMILES string of the molecule is COc1ccc(CCN(C)CCCS(=O)(=O)Nc2ccc(OC)c(OC)c2)cc1OC. The predicted molar refractivity (Wildman–Crippen MR) is 122 cm³/mol. The second-order valence-electron chi connectivity index (χ2n) is 7.09. The summed E-state index contributed by atoms with van der Waals surface area (Å²) in [5.41, 5.74) is 1.58. The molecule has 0 heterocycles. The molecule has 8 nitrogen and oxygen atoms in total. The van der Waals surface area contributed by atoms with Crippen molar-refractivity contribution in [3.63, 3.8) is 0 Å². The number of methoxy groups -OCH3 is 4. The largest absolute Gasteiger partial charge is 0.493 e. The summed E-state index contributed by atoms with van der Waals surface area (Å²) in [6.45, 7) is 1.47. The zero-order valence-electron chi connectivity index (χ0n) is 18.8. The molecule has 0 atom stereocenters. The summed E-state index contributed by atoms with van der Waals surface area (Å²) in [7, 11) is 4.78. The van der Waals surface area contributed by atoms with Crippen LogP contribution in [0.1, 0.15) is 12.0 Å². The van der Waals surface area contributed by atoms with Gasteiger partial charge in [-0.05, 0) is 56.3 Å². The Bertz CT molecular complexity index is 949. The first-order valence-corrected chi connectivity index (χ1v) is 11.6. The number of nitrogens with zero attached hydrogens (tertiary/aromatic N) is 1. The van der Waals surface area contributed by atoms with Gasteiger partial charge in [-0.1, -0.05) is 6.07 Å². The molecule has 0 saturated carbocycles. The summed E-state index contributed by atoms with van der Waals surface area (Å²) in [5.74, 6) is 2.45. The van der Waals surface area contributed by atoms with Crippen LogP contribution >= 0.6 is 0 Å². The van der Waals surface area contributed by atoms with E-state index in [9.17, 15) is 8.42 Å². The van der Waals surface area contributed by atoms with Crippen molar-refractivity contribution < 1.29 is 27.4 Å². The second kappa shape index (κ2) is 11.7. The predicted octanol–water partition coefficient (Wildman–Crippen LogP) is 3.03. The number of hydrogen-bond acceptors (Lipinski definition) is 7. The molecule has 0 saturated heterocycles. The highest BCUT2D eigenvalue weighted by molar-refractivity contribution is 7.92. The third kappa shape index (κ3) is 7.52. The maximum absolute atomic E-state index is 12.4. The molecule has 2 aromatic rings. The number of ether oxygens (including phenoxy) is 4. The van der Waals surface area contributed by atoms with Crippen molar-refractivity contribution in [2.24, 2.45) is 0 Å². The molecule has 0 spiro atoms. The highest BCUT2D eigenvalue weighted by Gasteiger charge is 2.13. The zero-order valence-corrected chi connectivity index (χ0v) is 19.6. The van der Waals surface area contributed by atoms with Crippen LogP contribution in [0.2, 0.25) is 0 Å². The van der Waals surface area contributed by atoms with Crippen LogP contribution in [-0.2, 0) is 16.4 Å². The standard InChI is InChI=1S/C22H32N2O6S/c1-24(13-11-17-7-9-19(27-2)21(15-17)29-4)12-6-14-31(25,26)23-18-8-10-20(28-3)22(16-18)30-5/h7-10,15-16,23H,6,11-14H2,1-5H3. The van der Waals surface area contributed by atoms with Gasteiger partial charge < -0.3 is 23.8 Å². The minimum Gasteiger partial charge on any atom is -0.493 e. The number of sulfonamides is 1. The van der Waals surface area contributed by atoms with E-state index in [4.69, 9.17) is 18.9 Å². The molecule has 0 unspecified atom stereocenters. The maximum Gasteiger partial charge on any atom is 0.232 e. The minimum atomic E-state index is -3.46. The topological polar surface area (TPSA) is 86.3 Å². The summed E-state index contributed by atoms with van der Waals surface area (Å²) in [4.78, 5) is 2.11. The van der Waals surface area contributed by atoms with E-state index in [0.29, 0.717) is 41.7 Å². The first-order chi connectivity index (χ1) is 14.8. The van der Waals surface area contributed by atoms with Crippen molar-refractivity contribution >= 4 is 15.7 Å². The van der Waals surface area contributed by atoms with Gasteiger partial charge in [-0.25, -0.2) is 8.42 Å².